The molecular weight excluding hydrogens is 292 g/mol. The highest BCUT2D eigenvalue weighted by atomic mass is 16.3. The summed E-state index contributed by atoms with van der Waals surface area (Å²) in [5, 5.41) is 6.86. The lowest BCUT2D eigenvalue weighted by Gasteiger charge is -2.36. The number of nitrogens with zero attached hydrogens (tertiary/aromatic N) is 3. The largest absolute Gasteiger partial charge is 0.458 e. The number of nitrogens with one attached hydrogen (secondary N) is 1. The zero-order valence-corrected chi connectivity index (χ0v) is 13.2. The van der Waals surface area contributed by atoms with Gasteiger partial charge in [0.2, 0.25) is 5.91 Å². The molecule has 2 saturated heterocycles. The van der Waals surface area contributed by atoms with Crippen LogP contribution in [0, 0.1) is 0 Å². The number of carbonyl (C=O) groups excluding carboxylic acids is 1. The Morgan fingerprint density at radius 2 is 2.09 bits per heavy atom. The van der Waals surface area contributed by atoms with Gasteiger partial charge >= 0.3 is 0 Å². The molecule has 1 N–H and O–H groups in total. The molecule has 2 fully saturated rings. The highest BCUT2D eigenvalue weighted by molar-refractivity contribution is 5.78. The second-order valence-electron chi connectivity index (χ2n) is 6.43. The molecule has 0 spiro atoms. The summed E-state index contributed by atoms with van der Waals surface area (Å²) in [4.78, 5) is 16.4. The van der Waals surface area contributed by atoms with Crippen LogP contribution in [0.3, 0.4) is 0 Å². The molecule has 0 aromatic carbocycles. The molecule has 1 amide bonds. The Kier molecular flexibility index (Phi) is 3.91. The summed E-state index contributed by atoms with van der Waals surface area (Å²) in [5.74, 6) is 2.15. The highest BCUT2D eigenvalue weighted by Gasteiger charge is 2.30. The maximum Gasteiger partial charge on any atom is 0.222 e. The highest BCUT2D eigenvalue weighted by Crippen LogP contribution is 2.24. The van der Waals surface area contributed by atoms with Gasteiger partial charge in [-0.15, -0.1) is 0 Å². The number of hydrogen-bond donors (Lipinski definition) is 1. The number of piperidine rings is 1. The molecule has 4 rings (SSSR count). The van der Waals surface area contributed by atoms with E-state index in [4.69, 9.17) is 4.42 Å². The van der Waals surface area contributed by atoms with E-state index >= 15 is 0 Å². The second-order valence-corrected chi connectivity index (χ2v) is 6.43. The molecule has 2 aliphatic heterocycles. The van der Waals surface area contributed by atoms with Crippen molar-refractivity contribution in [2.75, 3.05) is 19.6 Å². The van der Waals surface area contributed by atoms with Crippen molar-refractivity contribution in [1.29, 1.82) is 0 Å². The van der Waals surface area contributed by atoms with Gasteiger partial charge < -0.3 is 9.32 Å². The minimum atomic E-state index is 0.346. The Hall–Kier alpha value is -2.08. The fourth-order valence-electron chi connectivity index (χ4n) is 3.67. The summed E-state index contributed by atoms with van der Waals surface area (Å²) >= 11 is 0. The number of aromatic amines is 1. The second kappa shape index (κ2) is 6.20. The third-order valence-electron chi connectivity index (χ3n) is 4.92. The normalized spacial score (nSPS) is 20.5. The predicted molar refractivity (Wildman–Crippen MR) is 85.5 cm³/mol. The first-order valence-electron chi connectivity index (χ1n) is 8.40. The minimum Gasteiger partial charge on any atom is -0.458 e. The van der Waals surface area contributed by atoms with E-state index < -0.39 is 0 Å². The first-order chi connectivity index (χ1) is 11.3. The molecular formula is C17H22N4O2. The quantitative estimate of drug-likeness (QED) is 0.940. The number of carbonyl (C=O) groups is 1. The van der Waals surface area contributed by atoms with E-state index in [-0.39, 0.29) is 0 Å². The lowest BCUT2D eigenvalue weighted by molar-refractivity contribution is -0.130. The van der Waals surface area contributed by atoms with Gasteiger partial charge in [-0.1, -0.05) is 0 Å². The molecule has 122 valence electrons. The van der Waals surface area contributed by atoms with E-state index in [1.54, 1.807) is 6.20 Å². The van der Waals surface area contributed by atoms with Gasteiger partial charge in [0, 0.05) is 38.3 Å². The van der Waals surface area contributed by atoms with E-state index in [1.807, 2.05) is 18.2 Å². The van der Waals surface area contributed by atoms with Crippen LogP contribution in [0.4, 0.5) is 0 Å². The predicted octanol–water partition coefficient (Wildman–Crippen LogP) is 2.26. The van der Waals surface area contributed by atoms with E-state index in [0.717, 1.165) is 69.1 Å². The zero-order chi connectivity index (χ0) is 15.6. The van der Waals surface area contributed by atoms with Gasteiger partial charge in [-0.3, -0.25) is 14.8 Å². The van der Waals surface area contributed by atoms with Gasteiger partial charge in [0.05, 0.1) is 6.54 Å². The summed E-state index contributed by atoms with van der Waals surface area (Å²) in [7, 11) is 0. The summed E-state index contributed by atoms with van der Waals surface area (Å²) < 4.78 is 5.90. The molecule has 2 aromatic rings. The Morgan fingerprint density at radius 3 is 2.78 bits per heavy atom. The molecule has 0 aliphatic carbocycles. The van der Waals surface area contributed by atoms with Gasteiger partial charge in [-0.05, 0) is 37.5 Å². The van der Waals surface area contributed by atoms with Gasteiger partial charge in [0.1, 0.15) is 11.5 Å². The summed E-state index contributed by atoms with van der Waals surface area (Å²) in [6, 6.07) is 6.37. The number of aromatic nitrogens is 2. The SMILES string of the molecule is O=C1CCCN1C1CCN(Cc2ccc(-c3ccn[nH]3)o2)CC1. The first kappa shape index (κ1) is 14.5. The molecule has 23 heavy (non-hydrogen) atoms. The summed E-state index contributed by atoms with van der Waals surface area (Å²) in [5.41, 5.74) is 0.905. The average molecular weight is 314 g/mol. The molecule has 6 nitrogen and oxygen atoms in total. The van der Waals surface area contributed by atoms with Crippen LogP contribution in [-0.4, -0.2) is 51.6 Å². The first-order valence-corrected chi connectivity index (χ1v) is 8.40. The molecule has 2 aromatic heterocycles. The summed E-state index contributed by atoms with van der Waals surface area (Å²) in [6.07, 6.45) is 5.63. The lowest BCUT2D eigenvalue weighted by atomic mass is 10.0. The van der Waals surface area contributed by atoms with Crippen molar-refractivity contribution >= 4 is 5.91 Å². The van der Waals surface area contributed by atoms with Crippen LogP contribution in [0.1, 0.15) is 31.4 Å². The van der Waals surface area contributed by atoms with Crippen LogP contribution in [-0.2, 0) is 11.3 Å². The molecule has 0 atom stereocenters. The third-order valence-corrected chi connectivity index (χ3v) is 4.92. The van der Waals surface area contributed by atoms with Crippen molar-refractivity contribution in [2.45, 2.75) is 38.3 Å². The van der Waals surface area contributed by atoms with E-state index in [1.165, 1.54) is 0 Å². The van der Waals surface area contributed by atoms with Crippen molar-refractivity contribution in [3.8, 4) is 11.5 Å². The van der Waals surface area contributed by atoms with Gasteiger partial charge in [-0.25, -0.2) is 0 Å². The number of H-pyrrole nitrogens is 1. The average Bonchev–Trinajstić information content (AvgIpc) is 3.29. The number of furan rings is 1. The van der Waals surface area contributed by atoms with Crippen LogP contribution in [0.25, 0.3) is 11.5 Å². The lowest BCUT2D eigenvalue weighted by Crippen LogP contribution is -2.45. The van der Waals surface area contributed by atoms with E-state index in [9.17, 15) is 4.79 Å². The van der Waals surface area contributed by atoms with Crippen LogP contribution >= 0.6 is 0 Å². The molecule has 0 saturated carbocycles. The van der Waals surface area contributed by atoms with Crippen molar-refractivity contribution in [3.63, 3.8) is 0 Å². The van der Waals surface area contributed by atoms with E-state index in [0.29, 0.717) is 11.9 Å². The molecule has 0 unspecified atom stereocenters. The monoisotopic (exact) mass is 314 g/mol. The van der Waals surface area contributed by atoms with Crippen molar-refractivity contribution in [3.05, 3.63) is 30.2 Å². The maximum absolute atomic E-state index is 11.9. The number of rotatable bonds is 4. The Morgan fingerprint density at radius 1 is 1.22 bits per heavy atom. The fraction of sp³-hybridized carbons (Fsp3) is 0.529. The van der Waals surface area contributed by atoms with Crippen LogP contribution in [0.15, 0.2) is 28.8 Å². The van der Waals surface area contributed by atoms with Crippen molar-refractivity contribution in [1.82, 2.24) is 20.0 Å². The Bertz CT molecular complexity index is 656. The van der Waals surface area contributed by atoms with Crippen molar-refractivity contribution in [2.24, 2.45) is 0 Å². The minimum absolute atomic E-state index is 0.346. The molecule has 4 heterocycles. The van der Waals surface area contributed by atoms with Crippen LogP contribution in [0.5, 0.6) is 0 Å². The van der Waals surface area contributed by atoms with Crippen molar-refractivity contribution < 1.29 is 9.21 Å². The standard InChI is InChI=1S/C17H22N4O2/c22-17-2-1-9-21(17)13-6-10-20(11-7-13)12-14-3-4-16(23-14)15-5-8-18-19-15/h3-5,8,13H,1-2,6-7,9-12H2,(H,18,19). The third kappa shape index (κ3) is 3.03. The number of likely N-dealkylation sites (tertiary alicyclic amines) is 2. The Labute approximate surface area is 135 Å². The molecule has 6 heteroatoms. The smallest absolute Gasteiger partial charge is 0.222 e. The number of hydrogen-bond acceptors (Lipinski definition) is 4. The zero-order valence-electron chi connectivity index (χ0n) is 13.2. The van der Waals surface area contributed by atoms with Gasteiger partial charge in [0.15, 0.2) is 5.76 Å². The maximum atomic E-state index is 11.9. The van der Waals surface area contributed by atoms with Gasteiger partial charge in [-0.2, -0.15) is 5.10 Å². The fourth-order valence-corrected chi connectivity index (χ4v) is 3.67. The molecule has 0 bridgehead atoms. The van der Waals surface area contributed by atoms with Crippen LogP contribution in [0.2, 0.25) is 0 Å². The topological polar surface area (TPSA) is 65.4 Å². The molecule has 2 aliphatic rings. The summed E-state index contributed by atoms with van der Waals surface area (Å²) in [6.45, 7) is 3.83. The van der Waals surface area contributed by atoms with Gasteiger partial charge in [0.25, 0.3) is 0 Å². The Balaban J connectivity index is 1.32. The van der Waals surface area contributed by atoms with E-state index in [2.05, 4.69) is 20.0 Å². The number of amides is 1. The van der Waals surface area contributed by atoms with Crippen LogP contribution < -0.4 is 0 Å². The molecule has 0 radical (unpaired) electrons.